The number of hydrogen-bond donors (Lipinski definition) is 4. The van der Waals surface area contributed by atoms with Gasteiger partial charge in [-0.25, -0.2) is 0 Å². The van der Waals surface area contributed by atoms with Crippen molar-refractivity contribution in [2.45, 2.75) is 26.1 Å². The van der Waals surface area contributed by atoms with Gasteiger partial charge < -0.3 is 42.3 Å². The van der Waals surface area contributed by atoms with Gasteiger partial charge in [-0.3, -0.25) is 0 Å². The van der Waals surface area contributed by atoms with E-state index in [-0.39, 0.29) is 33.4 Å². The zero-order valence-electron chi connectivity index (χ0n) is 8.41. The van der Waals surface area contributed by atoms with E-state index >= 15 is 0 Å². The molecule has 9 heteroatoms. The summed E-state index contributed by atoms with van der Waals surface area (Å²) in [7, 11) is 0. The number of carbonyl (C=O) groups is 2. The van der Waals surface area contributed by atoms with Crippen molar-refractivity contribution in [1.29, 1.82) is 0 Å². The van der Waals surface area contributed by atoms with Crippen molar-refractivity contribution in [3.8, 4) is 0 Å². The number of carboxylic acids is 2. The predicted octanol–water partition coefficient (Wildman–Crippen LogP) is -3.44. The normalized spacial score (nSPS) is 10.9. The number of carbonyl (C=O) groups excluding carboxylic acids is 2. The first-order chi connectivity index (χ1) is 5.29. The average Bonchev–Trinajstić information content (AvgIpc) is 1.88. The van der Waals surface area contributed by atoms with Gasteiger partial charge in [0.15, 0.2) is 0 Å². The molecule has 0 rings (SSSR count). The number of rotatable bonds is 2. The van der Waals surface area contributed by atoms with E-state index in [1.165, 1.54) is 0 Å². The van der Waals surface area contributed by atoms with Crippen LogP contribution in [-0.4, -0.2) is 34.4 Å². The Morgan fingerprint density at radius 3 is 1.00 bits per heavy atom. The third kappa shape index (κ3) is 31.8. The molecule has 0 heterocycles. The maximum atomic E-state index is 9.34. The standard InChI is InChI=1S/2C3H6O3.2H3N.Pt/c2*1-2(4)3(5)6;;;/h2*2,4H,1H3,(H,5,6);2*1H3;/q;;;;+2/p-2. The van der Waals surface area contributed by atoms with Crippen molar-refractivity contribution in [3.63, 3.8) is 0 Å². The van der Waals surface area contributed by atoms with Crippen LogP contribution in [0.4, 0.5) is 0 Å². The summed E-state index contributed by atoms with van der Waals surface area (Å²) in [6.45, 7) is 2.27. The molecule has 0 aliphatic heterocycles. The van der Waals surface area contributed by atoms with Crippen molar-refractivity contribution >= 4 is 11.9 Å². The molecule has 0 fully saturated rings. The van der Waals surface area contributed by atoms with Gasteiger partial charge in [0.1, 0.15) is 0 Å². The molecule has 0 bridgehead atoms. The molecule has 0 aromatic rings. The number of aliphatic carboxylic acids is 2. The molecule has 15 heavy (non-hydrogen) atoms. The minimum atomic E-state index is -1.44. The van der Waals surface area contributed by atoms with E-state index in [0.717, 1.165) is 13.8 Å². The first-order valence-corrected chi connectivity index (χ1v) is 3.06. The zero-order chi connectivity index (χ0) is 10.3. The largest absolute Gasteiger partial charge is 2.00 e. The third-order valence-electron chi connectivity index (χ3n) is 0.682. The molecular formula is C6H16N2O6Pt. The molecule has 8 nitrogen and oxygen atoms in total. The predicted molar refractivity (Wildman–Crippen MR) is 43.4 cm³/mol. The second-order valence-electron chi connectivity index (χ2n) is 1.99. The van der Waals surface area contributed by atoms with E-state index in [1.807, 2.05) is 0 Å². The molecule has 96 valence electrons. The Bertz CT molecular complexity index is 146. The molecular weight excluding hydrogens is 391 g/mol. The molecule has 0 amide bonds. The van der Waals surface area contributed by atoms with Gasteiger partial charge in [-0.15, -0.1) is 0 Å². The molecule has 0 aliphatic rings. The Kier molecular flexibility index (Phi) is 31.1. The minimum absolute atomic E-state index is 0. The number of hydrogen-bond acceptors (Lipinski definition) is 8. The Hall–Kier alpha value is -0.532. The van der Waals surface area contributed by atoms with Crippen LogP contribution in [0, 0.1) is 0 Å². The summed E-state index contributed by atoms with van der Waals surface area (Å²) in [6, 6.07) is 0. The van der Waals surface area contributed by atoms with Gasteiger partial charge >= 0.3 is 21.1 Å². The SMILES string of the molecule is CC(O)C(=O)[O-].CC(O)C(=O)[O-].N.N.[Pt+2]. The van der Waals surface area contributed by atoms with Crippen LogP contribution in [0.15, 0.2) is 0 Å². The van der Waals surface area contributed by atoms with Crippen LogP contribution in [0.2, 0.25) is 0 Å². The monoisotopic (exact) mass is 407 g/mol. The Balaban J connectivity index is -0.0000000370. The Labute approximate surface area is 102 Å². The molecule has 0 aromatic carbocycles. The maximum absolute atomic E-state index is 9.34. The molecule has 2 unspecified atom stereocenters. The summed E-state index contributed by atoms with van der Waals surface area (Å²) in [5, 5.41) is 34.6. The molecule has 0 saturated heterocycles. The van der Waals surface area contributed by atoms with Crippen molar-refractivity contribution < 1.29 is 51.1 Å². The van der Waals surface area contributed by atoms with Crippen molar-refractivity contribution in [3.05, 3.63) is 0 Å². The van der Waals surface area contributed by atoms with Crippen molar-refractivity contribution in [2.24, 2.45) is 0 Å². The average molecular weight is 407 g/mol. The molecule has 0 spiro atoms. The van der Waals surface area contributed by atoms with Crippen molar-refractivity contribution in [1.82, 2.24) is 12.3 Å². The first-order valence-electron chi connectivity index (χ1n) is 3.06. The van der Waals surface area contributed by atoms with Gasteiger partial charge in [-0.1, -0.05) is 0 Å². The van der Waals surface area contributed by atoms with Crippen molar-refractivity contribution in [2.75, 3.05) is 0 Å². The number of aliphatic hydroxyl groups is 2. The Morgan fingerprint density at radius 2 is 1.00 bits per heavy atom. The van der Waals surface area contributed by atoms with Crippen LogP contribution in [0.3, 0.4) is 0 Å². The van der Waals surface area contributed by atoms with E-state index in [2.05, 4.69) is 0 Å². The summed E-state index contributed by atoms with van der Waals surface area (Å²) >= 11 is 0. The van der Waals surface area contributed by atoms with E-state index in [4.69, 9.17) is 10.2 Å². The van der Waals surface area contributed by atoms with Crippen LogP contribution >= 0.6 is 0 Å². The second-order valence-corrected chi connectivity index (χ2v) is 1.99. The fourth-order valence-corrected chi connectivity index (χ4v) is 0. The van der Waals surface area contributed by atoms with Crippen LogP contribution < -0.4 is 22.5 Å². The summed E-state index contributed by atoms with van der Waals surface area (Å²) in [4.78, 5) is 18.7. The maximum Gasteiger partial charge on any atom is 2.00 e. The summed E-state index contributed by atoms with van der Waals surface area (Å²) in [6.07, 6.45) is -2.69. The second kappa shape index (κ2) is 15.9. The fourth-order valence-electron chi connectivity index (χ4n) is 0. The third-order valence-corrected chi connectivity index (χ3v) is 0.682. The molecule has 0 saturated carbocycles. The van der Waals surface area contributed by atoms with Crippen LogP contribution in [0.25, 0.3) is 0 Å². The first kappa shape index (κ1) is 29.3. The molecule has 8 N–H and O–H groups in total. The quantitative estimate of drug-likeness (QED) is 0.363. The minimum Gasteiger partial charge on any atom is -0.547 e. The number of aliphatic hydroxyl groups excluding tert-OH is 2. The van der Waals surface area contributed by atoms with E-state index < -0.39 is 24.1 Å². The van der Waals surface area contributed by atoms with Gasteiger partial charge in [0.2, 0.25) is 0 Å². The van der Waals surface area contributed by atoms with Crippen LogP contribution in [0.1, 0.15) is 13.8 Å². The van der Waals surface area contributed by atoms with E-state index in [0.29, 0.717) is 0 Å². The summed E-state index contributed by atoms with van der Waals surface area (Å²) in [5.41, 5.74) is 0. The van der Waals surface area contributed by atoms with Gasteiger partial charge in [0, 0.05) is 0 Å². The summed E-state index contributed by atoms with van der Waals surface area (Å²) in [5.74, 6) is -2.87. The van der Waals surface area contributed by atoms with Gasteiger partial charge in [-0.2, -0.15) is 0 Å². The van der Waals surface area contributed by atoms with Gasteiger partial charge in [0.05, 0.1) is 24.1 Å². The molecule has 0 aromatic heterocycles. The van der Waals surface area contributed by atoms with Gasteiger partial charge in [-0.05, 0) is 13.8 Å². The summed E-state index contributed by atoms with van der Waals surface area (Å²) < 4.78 is 0. The van der Waals surface area contributed by atoms with E-state index in [1.54, 1.807) is 0 Å². The topological polar surface area (TPSA) is 191 Å². The van der Waals surface area contributed by atoms with Crippen LogP contribution in [0.5, 0.6) is 0 Å². The molecule has 0 aliphatic carbocycles. The van der Waals surface area contributed by atoms with Crippen LogP contribution in [-0.2, 0) is 30.7 Å². The molecule has 2 atom stereocenters. The van der Waals surface area contributed by atoms with Gasteiger partial charge in [0.25, 0.3) is 0 Å². The number of carboxylic acid groups (broad SMARTS) is 2. The smallest absolute Gasteiger partial charge is 0.547 e. The van der Waals surface area contributed by atoms with E-state index in [9.17, 15) is 19.8 Å². The Morgan fingerprint density at radius 1 is 0.933 bits per heavy atom. The fraction of sp³-hybridized carbons (Fsp3) is 0.667. The zero-order valence-corrected chi connectivity index (χ0v) is 10.7. The molecule has 0 radical (unpaired) electrons.